The molecular formula is C27H23Br2ClN2O3. The van der Waals surface area contributed by atoms with Crippen molar-refractivity contribution in [2.45, 2.75) is 31.6 Å². The Labute approximate surface area is 225 Å². The lowest BCUT2D eigenvalue weighted by atomic mass is 9.76. The molecule has 1 aliphatic heterocycles. The van der Waals surface area contributed by atoms with Gasteiger partial charge in [-0.2, -0.15) is 0 Å². The van der Waals surface area contributed by atoms with Gasteiger partial charge in [0.2, 0.25) is 0 Å². The number of carbonyl (C=O) groups is 2. The molecule has 0 saturated carbocycles. The zero-order valence-corrected chi connectivity index (χ0v) is 22.7. The largest absolute Gasteiger partial charge is 0.478 e. The first-order valence-electron chi connectivity index (χ1n) is 11.6. The van der Waals surface area contributed by atoms with E-state index in [2.05, 4.69) is 44.0 Å². The predicted octanol–water partition coefficient (Wildman–Crippen LogP) is 6.74. The van der Waals surface area contributed by atoms with Crippen LogP contribution in [0.1, 0.15) is 61.9 Å². The molecule has 8 heteroatoms. The van der Waals surface area contributed by atoms with Crippen LogP contribution in [0.25, 0.3) is 0 Å². The van der Waals surface area contributed by atoms with Gasteiger partial charge < -0.3 is 10.0 Å². The van der Waals surface area contributed by atoms with Gasteiger partial charge in [-0.1, -0.05) is 39.7 Å². The number of aromatic nitrogens is 1. The monoisotopic (exact) mass is 616 g/mol. The predicted molar refractivity (Wildman–Crippen MR) is 142 cm³/mol. The number of carboxylic acid groups (broad SMARTS) is 1. The van der Waals surface area contributed by atoms with E-state index in [0.29, 0.717) is 18.1 Å². The fourth-order valence-corrected chi connectivity index (χ4v) is 6.99. The second-order valence-electron chi connectivity index (χ2n) is 9.12. The summed E-state index contributed by atoms with van der Waals surface area (Å²) >= 11 is 13.8. The fraction of sp³-hybridized carbons (Fsp3) is 0.296. The third-order valence-electron chi connectivity index (χ3n) is 7.10. The molecule has 5 rings (SSSR count). The summed E-state index contributed by atoms with van der Waals surface area (Å²) in [6.45, 7) is 1.14. The van der Waals surface area contributed by atoms with Crippen LogP contribution in [0.3, 0.4) is 0 Å². The van der Waals surface area contributed by atoms with Gasteiger partial charge in [0.05, 0.1) is 16.8 Å². The summed E-state index contributed by atoms with van der Waals surface area (Å²) in [5, 5.41) is 10.2. The number of likely N-dealkylation sites (tertiary alicyclic amines) is 1. The van der Waals surface area contributed by atoms with Crippen molar-refractivity contribution in [3.05, 3.63) is 96.1 Å². The van der Waals surface area contributed by atoms with Crippen molar-refractivity contribution in [3.8, 4) is 0 Å². The van der Waals surface area contributed by atoms with Gasteiger partial charge in [-0.3, -0.25) is 9.78 Å². The number of pyridine rings is 1. The van der Waals surface area contributed by atoms with Crippen molar-refractivity contribution >= 4 is 55.3 Å². The van der Waals surface area contributed by atoms with Crippen LogP contribution in [0, 0.1) is 5.92 Å². The highest BCUT2D eigenvalue weighted by Crippen LogP contribution is 2.46. The van der Waals surface area contributed by atoms with Crippen LogP contribution in [0.2, 0.25) is 5.02 Å². The molecule has 1 N–H and O–H groups in total. The Hall–Kier alpha value is -2.22. The minimum Gasteiger partial charge on any atom is -0.478 e. The van der Waals surface area contributed by atoms with Crippen LogP contribution in [-0.4, -0.2) is 40.0 Å². The molecule has 1 aliphatic carbocycles. The average Bonchev–Trinajstić information content (AvgIpc) is 3.00. The standard InChI is InChI=1S/C27H23Br2ClN2O3/c28-18-11-17-6-5-16-12-19(30)13-22(29)23(16)24(25(17)31-14-18)15-7-9-32(10-8-15)26(33)20-3-1-2-4-21(20)27(34)35/h1-4,11-15,24H,5-10H2,(H,34,35)/t24-/m1/s1. The van der Waals surface area contributed by atoms with Crippen molar-refractivity contribution in [1.29, 1.82) is 0 Å². The molecule has 1 aromatic heterocycles. The van der Waals surface area contributed by atoms with Gasteiger partial charge in [0.25, 0.3) is 5.91 Å². The van der Waals surface area contributed by atoms with Crippen LogP contribution in [0.15, 0.2) is 57.6 Å². The summed E-state index contributed by atoms with van der Waals surface area (Å²) in [6, 6.07) is 12.6. The van der Waals surface area contributed by atoms with Crippen LogP contribution >= 0.6 is 43.5 Å². The van der Waals surface area contributed by atoms with E-state index in [-0.39, 0.29) is 28.9 Å². The van der Waals surface area contributed by atoms with Crippen LogP contribution in [0.5, 0.6) is 0 Å². The molecule has 35 heavy (non-hydrogen) atoms. The third-order valence-corrected chi connectivity index (χ3v) is 8.41. The molecule has 180 valence electrons. The van der Waals surface area contributed by atoms with Crippen LogP contribution in [0.4, 0.5) is 0 Å². The van der Waals surface area contributed by atoms with E-state index in [9.17, 15) is 14.7 Å². The normalized spacial score (nSPS) is 17.9. The number of amides is 1. The highest BCUT2D eigenvalue weighted by Gasteiger charge is 2.36. The number of nitrogens with zero attached hydrogens (tertiary/aromatic N) is 2. The maximum atomic E-state index is 13.2. The minimum atomic E-state index is -1.09. The number of carbonyl (C=O) groups excluding carboxylic acids is 1. The first kappa shape index (κ1) is 24.5. The van der Waals surface area contributed by atoms with Crippen LogP contribution < -0.4 is 0 Å². The molecule has 5 nitrogen and oxygen atoms in total. The number of benzene rings is 2. The maximum Gasteiger partial charge on any atom is 0.336 e. The molecule has 0 spiro atoms. The van der Waals surface area contributed by atoms with Gasteiger partial charge in [0.15, 0.2) is 0 Å². The molecule has 3 aromatic rings. The fourth-order valence-electron chi connectivity index (χ4n) is 5.49. The second kappa shape index (κ2) is 10.0. The van der Waals surface area contributed by atoms with E-state index >= 15 is 0 Å². The summed E-state index contributed by atoms with van der Waals surface area (Å²) < 4.78 is 1.96. The molecule has 0 unspecified atom stereocenters. The molecule has 0 radical (unpaired) electrons. The first-order valence-corrected chi connectivity index (χ1v) is 13.5. The molecule has 2 aromatic carbocycles. The number of piperidine rings is 1. The Balaban J connectivity index is 1.46. The Morgan fingerprint density at radius 2 is 1.69 bits per heavy atom. The topological polar surface area (TPSA) is 70.5 Å². The molecule has 2 aliphatic rings. The number of aromatic carboxylic acids is 1. The molecule has 1 fully saturated rings. The number of rotatable bonds is 3. The van der Waals surface area contributed by atoms with E-state index in [0.717, 1.165) is 40.3 Å². The summed E-state index contributed by atoms with van der Waals surface area (Å²) in [5.41, 5.74) is 5.09. The summed E-state index contributed by atoms with van der Waals surface area (Å²) in [7, 11) is 0. The highest BCUT2D eigenvalue weighted by molar-refractivity contribution is 9.10. The van der Waals surface area contributed by atoms with E-state index in [1.165, 1.54) is 22.8 Å². The number of hydrogen-bond acceptors (Lipinski definition) is 3. The second-order valence-corrected chi connectivity index (χ2v) is 11.3. The highest BCUT2D eigenvalue weighted by atomic mass is 79.9. The zero-order chi connectivity index (χ0) is 24.7. The number of fused-ring (bicyclic) bond motifs is 2. The molecule has 2 heterocycles. The van der Waals surface area contributed by atoms with Crippen molar-refractivity contribution in [3.63, 3.8) is 0 Å². The summed E-state index contributed by atoms with van der Waals surface area (Å²) in [6.07, 6.45) is 5.25. The summed E-state index contributed by atoms with van der Waals surface area (Å²) in [5.74, 6) is -0.935. The Morgan fingerprint density at radius 1 is 1.00 bits per heavy atom. The van der Waals surface area contributed by atoms with Gasteiger partial charge in [-0.05, 0) is 94.6 Å². The van der Waals surface area contributed by atoms with Gasteiger partial charge in [-0.25, -0.2) is 4.79 Å². The van der Waals surface area contributed by atoms with Crippen molar-refractivity contribution in [2.75, 3.05) is 13.1 Å². The molecular weight excluding hydrogens is 596 g/mol. The number of hydrogen-bond donors (Lipinski definition) is 1. The molecule has 1 atom stereocenters. The van der Waals surface area contributed by atoms with E-state index in [4.69, 9.17) is 16.6 Å². The molecule has 1 amide bonds. The van der Waals surface area contributed by atoms with Gasteiger partial charge in [0.1, 0.15) is 0 Å². The average molecular weight is 619 g/mol. The van der Waals surface area contributed by atoms with Crippen molar-refractivity contribution < 1.29 is 14.7 Å². The lowest BCUT2D eigenvalue weighted by Gasteiger charge is -2.37. The van der Waals surface area contributed by atoms with Crippen LogP contribution in [-0.2, 0) is 12.8 Å². The number of carboxylic acids is 1. The van der Waals surface area contributed by atoms with E-state index < -0.39 is 5.97 Å². The zero-order valence-electron chi connectivity index (χ0n) is 18.8. The quantitative estimate of drug-likeness (QED) is 0.353. The Bertz CT molecular complexity index is 1320. The number of halogens is 3. The summed E-state index contributed by atoms with van der Waals surface area (Å²) in [4.78, 5) is 31.5. The van der Waals surface area contributed by atoms with E-state index in [1.54, 1.807) is 23.1 Å². The first-order chi connectivity index (χ1) is 16.8. The molecule has 1 saturated heterocycles. The lowest BCUT2D eigenvalue weighted by molar-refractivity contribution is 0.0647. The smallest absolute Gasteiger partial charge is 0.336 e. The maximum absolute atomic E-state index is 13.2. The van der Waals surface area contributed by atoms with Gasteiger partial charge >= 0.3 is 5.97 Å². The third kappa shape index (κ3) is 4.78. The minimum absolute atomic E-state index is 0.0434. The van der Waals surface area contributed by atoms with Gasteiger partial charge in [-0.15, -0.1) is 0 Å². The van der Waals surface area contributed by atoms with E-state index in [1.807, 2.05) is 12.3 Å². The lowest BCUT2D eigenvalue weighted by Crippen LogP contribution is -2.40. The number of aryl methyl sites for hydroxylation is 2. The Morgan fingerprint density at radius 3 is 2.40 bits per heavy atom. The van der Waals surface area contributed by atoms with Crippen molar-refractivity contribution in [2.24, 2.45) is 5.92 Å². The van der Waals surface area contributed by atoms with Crippen molar-refractivity contribution in [1.82, 2.24) is 9.88 Å². The Kier molecular flexibility index (Phi) is 7.02. The van der Waals surface area contributed by atoms with Gasteiger partial charge in [0, 0.05) is 39.2 Å². The SMILES string of the molecule is O=C(O)c1ccccc1C(=O)N1CCC([C@H]2c3ncc(Br)cc3CCc3cc(Cl)cc(Br)c32)CC1. The molecule has 0 bridgehead atoms.